The van der Waals surface area contributed by atoms with Gasteiger partial charge in [0.25, 0.3) is 0 Å². The van der Waals surface area contributed by atoms with Crippen molar-refractivity contribution in [1.82, 2.24) is 20.9 Å². The number of amides is 3. The van der Waals surface area contributed by atoms with Gasteiger partial charge in [-0.3, -0.25) is 19.4 Å². The number of nitrogens with one attached hydrogen (secondary N) is 3. The lowest BCUT2D eigenvalue weighted by Gasteiger charge is -2.10. The second-order valence-electron chi connectivity index (χ2n) is 10.9. The largest absolute Gasteiger partial charge is 0.461 e. The van der Waals surface area contributed by atoms with Crippen LogP contribution in [-0.2, 0) is 50.0 Å². The third-order valence-electron chi connectivity index (χ3n) is 7.08. The van der Waals surface area contributed by atoms with Crippen molar-refractivity contribution in [2.24, 2.45) is 0 Å². The monoisotopic (exact) mass is 636 g/mol. The van der Waals surface area contributed by atoms with Crippen LogP contribution in [0.2, 0.25) is 0 Å². The topological polar surface area (TPSA) is 136 Å². The van der Waals surface area contributed by atoms with E-state index in [1.165, 1.54) is 0 Å². The summed E-state index contributed by atoms with van der Waals surface area (Å²) >= 11 is 0. The van der Waals surface area contributed by atoms with E-state index in [1.54, 1.807) is 6.20 Å². The molecule has 47 heavy (non-hydrogen) atoms. The summed E-state index contributed by atoms with van der Waals surface area (Å²) in [5.41, 5.74) is 5.21. The summed E-state index contributed by atoms with van der Waals surface area (Å²) in [5, 5.41) is 8.39. The summed E-state index contributed by atoms with van der Waals surface area (Å²) in [6, 6.07) is 30.0. The zero-order valence-corrected chi connectivity index (χ0v) is 26.3. The minimum absolute atomic E-state index is 0.130. The van der Waals surface area contributed by atoms with Gasteiger partial charge in [-0.05, 0) is 52.8 Å². The van der Waals surface area contributed by atoms with Crippen molar-refractivity contribution in [3.8, 4) is 11.1 Å². The average molecular weight is 637 g/mol. The maximum absolute atomic E-state index is 12.5. The van der Waals surface area contributed by atoms with E-state index in [4.69, 9.17) is 9.47 Å². The van der Waals surface area contributed by atoms with Gasteiger partial charge in [-0.25, -0.2) is 4.79 Å². The van der Waals surface area contributed by atoms with E-state index in [2.05, 4.69) is 20.9 Å². The van der Waals surface area contributed by atoms with Gasteiger partial charge >= 0.3 is 18.0 Å². The highest BCUT2D eigenvalue weighted by Crippen LogP contribution is 2.21. The number of ether oxygens (including phenoxy) is 2. The van der Waals surface area contributed by atoms with E-state index in [9.17, 15) is 19.2 Å². The molecule has 3 aromatic carbocycles. The molecule has 244 valence electrons. The van der Waals surface area contributed by atoms with Crippen LogP contribution in [0, 0.1) is 0 Å². The molecule has 1 heterocycles. The summed E-state index contributed by atoms with van der Waals surface area (Å²) in [7, 11) is 0. The van der Waals surface area contributed by atoms with Crippen LogP contribution in [0.3, 0.4) is 0 Å². The number of benzene rings is 3. The predicted molar refractivity (Wildman–Crippen MR) is 178 cm³/mol. The zero-order valence-electron chi connectivity index (χ0n) is 26.3. The first-order chi connectivity index (χ1) is 22.9. The van der Waals surface area contributed by atoms with Gasteiger partial charge in [0.15, 0.2) is 0 Å². The third-order valence-corrected chi connectivity index (χ3v) is 7.08. The molecule has 0 aliphatic heterocycles. The van der Waals surface area contributed by atoms with Crippen LogP contribution < -0.4 is 16.0 Å². The molecule has 0 radical (unpaired) electrons. The van der Waals surface area contributed by atoms with Crippen LogP contribution >= 0.6 is 0 Å². The highest BCUT2D eigenvalue weighted by molar-refractivity contribution is 5.79. The number of esters is 2. The first-order valence-corrected chi connectivity index (χ1v) is 15.7. The SMILES string of the molecule is O=C(Cc1cccc(-c2ccnc(CNC(=O)NCCCC(=O)OCc3ccccc3)c2)c1)NCCCC(=O)OCc1ccccc1. The summed E-state index contributed by atoms with van der Waals surface area (Å²) in [4.78, 5) is 53.0. The second-order valence-corrected chi connectivity index (χ2v) is 10.9. The van der Waals surface area contributed by atoms with Gasteiger partial charge in [0.05, 0.1) is 18.7 Å². The Morgan fingerprint density at radius 3 is 1.81 bits per heavy atom. The van der Waals surface area contributed by atoms with Crippen LogP contribution in [0.25, 0.3) is 11.1 Å². The molecule has 0 bridgehead atoms. The van der Waals surface area contributed by atoms with E-state index < -0.39 is 0 Å². The van der Waals surface area contributed by atoms with E-state index >= 15 is 0 Å². The fraction of sp³-hybridized carbons (Fsp3) is 0.270. The Balaban J connectivity index is 1.12. The van der Waals surface area contributed by atoms with Crippen LogP contribution in [0.5, 0.6) is 0 Å². The number of nitrogens with zero attached hydrogens (tertiary/aromatic N) is 1. The molecular weight excluding hydrogens is 596 g/mol. The maximum Gasteiger partial charge on any atom is 0.315 e. The molecule has 0 saturated carbocycles. The van der Waals surface area contributed by atoms with Gasteiger partial charge in [0.1, 0.15) is 13.2 Å². The molecule has 0 spiro atoms. The van der Waals surface area contributed by atoms with E-state index in [0.717, 1.165) is 27.8 Å². The Kier molecular flexibility index (Phi) is 14.0. The molecule has 0 saturated heterocycles. The Hall–Kier alpha value is -5.51. The van der Waals surface area contributed by atoms with Gasteiger partial charge in [0.2, 0.25) is 5.91 Å². The molecule has 1 aromatic heterocycles. The van der Waals surface area contributed by atoms with Crippen molar-refractivity contribution in [3.05, 3.63) is 126 Å². The maximum atomic E-state index is 12.5. The van der Waals surface area contributed by atoms with Gasteiger partial charge < -0.3 is 25.4 Å². The quantitative estimate of drug-likeness (QED) is 0.106. The molecular formula is C37H40N4O6. The van der Waals surface area contributed by atoms with Crippen LogP contribution in [0.1, 0.15) is 48.1 Å². The molecule has 10 nitrogen and oxygen atoms in total. The molecule has 10 heteroatoms. The van der Waals surface area contributed by atoms with Gasteiger partial charge in [-0.2, -0.15) is 0 Å². The predicted octanol–water partition coefficient (Wildman–Crippen LogP) is 5.25. The fourth-order valence-electron chi connectivity index (χ4n) is 4.61. The Labute approximate surface area is 274 Å². The molecule has 3 N–H and O–H groups in total. The molecule has 0 unspecified atom stereocenters. The fourth-order valence-corrected chi connectivity index (χ4v) is 4.61. The normalized spacial score (nSPS) is 10.5. The smallest absolute Gasteiger partial charge is 0.315 e. The first-order valence-electron chi connectivity index (χ1n) is 15.7. The third kappa shape index (κ3) is 13.2. The molecule has 4 rings (SSSR count). The molecule has 0 aliphatic rings. The minimum Gasteiger partial charge on any atom is -0.461 e. The van der Waals surface area contributed by atoms with E-state index in [-0.39, 0.29) is 62.9 Å². The Morgan fingerprint density at radius 2 is 1.17 bits per heavy atom. The summed E-state index contributed by atoms with van der Waals surface area (Å²) < 4.78 is 10.5. The number of urea groups is 1. The molecule has 4 aromatic rings. The van der Waals surface area contributed by atoms with Crippen LogP contribution in [0.4, 0.5) is 4.79 Å². The van der Waals surface area contributed by atoms with Crippen molar-refractivity contribution >= 4 is 23.9 Å². The highest BCUT2D eigenvalue weighted by atomic mass is 16.5. The van der Waals surface area contributed by atoms with Crippen molar-refractivity contribution in [2.75, 3.05) is 13.1 Å². The molecule has 0 aliphatic carbocycles. The van der Waals surface area contributed by atoms with Crippen molar-refractivity contribution in [2.45, 2.75) is 51.9 Å². The lowest BCUT2D eigenvalue weighted by molar-refractivity contribution is -0.146. The number of hydrogen-bond donors (Lipinski definition) is 3. The first kappa shape index (κ1) is 34.4. The number of aromatic nitrogens is 1. The van der Waals surface area contributed by atoms with E-state index in [1.807, 2.05) is 97.1 Å². The van der Waals surface area contributed by atoms with Crippen LogP contribution in [0.15, 0.2) is 103 Å². The lowest BCUT2D eigenvalue weighted by Crippen LogP contribution is -2.35. The minimum atomic E-state index is -0.355. The summed E-state index contributed by atoms with van der Waals surface area (Å²) in [6.45, 7) is 1.41. The number of carbonyl (C=O) groups is 4. The van der Waals surface area contributed by atoms with Crippen molar-refractivity contribution < 1.29 is 28.7 Å². The molecule has 0 fully saturated rings. The molecule has 0 atom stereocenters. The number of hydrogen-bond acceptors (Lipinski definition) is 7. The number of pyridine rings is 1. The lowest BCUT2D eigenvalue weighted by atomic mass is 10.0. The van der Waals surface area contributed by atoms with Gasteiger partial charge in [-0.1, -0.05) is 84.9 Å². The number of carbonyl (C=O) groups excluding carboxylic acids is 4. The summed E-state index contributed by atoms with van der Waals surface area (Å²) in [6.07, 6.45) is 3.28. The standard InChI is InChI=1S/C37H40N4O6/c42-34(39-19-8-16-35(43)46-26-28-10-3-1-4-11-28)23-30-14-7-15-31(22-30)32-18-21-38-33(24-32)25-41-37(45)40-20-9-17-36(44)47-27-29-12-5-2-6-13-29/h1-7,10-15,18,21-22,24H,8-9,16-17,19-20,23,25-27H2,(H,39,42)(H2,40,41,45). The zero-order chi connectivity index (χ0) is 33.1. The Morgan fingerprint density at radius 1 is 0.596 bits per heavy atom. The second kappa shape index (κ2) is 19.1. The number of rotatable bonds is 17. The van der Waals surface area contributed by atoms with Crippen molar-refractivity contribution in [3.63, 3.8) is 0 Å². The van der Waals surface area contributed by atoms with Crippen molar-refractivity contribution in [1.29, 1.82) is 0 Å². The van der Waals surface area contributed by atoms with E-state index in [0.29, 0.717) is 31.6 Å². The highest BCUT2D eigenvalue weighted by Gasteiger charge is 2.09. The molecule has 3 amide bonds. The van der Waals surface area contributed by atoms with Gasteiger partial charge in [-0.15, -0.1) is 0 Å². The van der Waals surface area contributed by atoms with Crippen LogP contribution in [-0.4, -0.2) is 42.0 Å². The summed E-state index contributed by atoms with van der Waals surface area (Å²) in [5.74, 6) is -0.734. The van der Waals surface area contributed by atoms with Gasteiger partial charge in [0, 0.05) is 32.1 Å². The average Bonchev–Trinajstić information content (AvgIpc) is 3.10. The Bertz CT molecular complexity index is 1600.